The van der Waals surface area contributed by atoms with E-state index in [9.17, 15) is 4.79 Å². The summed E-state index contributed by atoms with van der Waals surface area (Å²) >= 11 is 3.06. The van der Waals surface area contributed by atoms with E-state index in [1.165, 1.54) is 22.7 Å². The van der Waals surface area contributed by atoms with Gasteiger partial charge < -0.3 is 9.63 Å². The molecule has 0 amide bonds. The molecule has 3 aromatic heterocycles. The molecule has 0 saturated carbocycles. The predicted molar refractivity (Wildman–Crippen MR) is 82.1 cm³/mol. The zero-order valence-electron chi connectivity index (χ0n) is 10.7. The van der Waals surface area contributed by atoms with Crippen molar-refractivity contribution in [2.45, 2.75) is 6.42 Å². The Bertz CT molecular complexity index is 758. The zero-order valence-corrected chi connectivity index (χ0v) is 12.4. The van der Waals surface area contributed by atoms with E-state index in [2.05, 4.69) is 10.1 Å². The van der Waals surface area contributed by atoms with Crippen LogP contribution in [0.1, 0.15) is 17.2 Å². The smallest absolute Gasteiger partial charge is 0.308 e. The van der Waals surface area contributed by atoms with E-state index in [4.69, 9.17) is 9.63 Å². The van der Waals surface area contributed by atoms with E-state index in [1.807, 2.05) is 34.3 Å². The Kier molecular flexibility index (Phi) is 3.94. The number of aromatic nitrogens is 2. The minimum atomic E-state index is -0.937. The van der Waals surface area contributed by atoms with Gasteiger partial charge in [-0.2, -0.15) is 16.3 Å². The standard InChI is InChI=1S/C14H10N2O3S2/c17-12(18)7-10(6-11-2-1-4-21-11)14-15-13(16-19-14)9-3-5-20-8-9/h1-6,8H,7H2,(H,17,18). The van der Waals surface area contributed by atoms with Crippen molar-refractivity contribution in [3.63, 3.8) is 0 Å². The first-order valence-corrected chi connectivity index (χ1v) is 7.87. The number of rotatable bonds is 5. The van der Waals surface area contributed by atoms with E-state index in [1.54, 1.807) is 6.08 Å². The fourth-order valence-corrected chi connectivity index (χ4v) is 3.08. The molecule has 0 fully saturated rings. The van der Waals surface area contributed by atoms with Crippen LogP contribution in [0.2, 0.25) is 0 Å². The van der Waals surface area contributed by atoms with E-state index in [-0.39, 0.29) is 12.3 Å². The molecule has 1 N–H and O–H groups in total. The average Bonchev–Trinajstić information content (AvgIpc) is 3.19. The Hall–Kier alpha value is -2.25. The summed E-state index contributed by atoms with van der Waals surface area (Å²) < 4.78 is 5.22. The van der Waals surface area contributed by atoms with Crippen LogP contribution in [-0.2, 0) is 4.79 Å². The Morgan fingerprint density at radius 2 is 2.29 bits per heavy atom. The van der Waals surface area contributed by atoms with Crippen LogP contribution in [0.3, 0.4) is 0 Å². The maximum atomic E-state index is 11.0. The van der Waals surface area contributed by atoms with Crippen molar-refractivity contribution in [3.05, 3.63) is 45.1 Å². The second-order valence-electron chi connectivity index (χ2n) is 4.19. The van der Waals surface area contributed by atoms with Gasteiger partial charge in [0, 0.05) is 21.4 Å². The molecule has 5 nitrogen and oxygen atoms in total. The van der Waals surface area contributed by atoms with E-state index in [0.29, 0.717) is 11.4 Å². The number of carboxylic acid groups (broad SMARTS) is 1. The molecular formula is C14H10N2O3S2. The number of hydrogen-bond donors (Lipinski definition) is 1. The molecule has 0 aromatic carbocycles. The minimum absolute atomic E-state index is 0.164. The molecule has 106 valence electrons. The van der Waals surface area contributed by atoms with Crippen molar-refractivity contribution < 1.29 is 14.4 Å². The molecule has 0 aliphatic heterocycles. The van der Waals surface area contributed by atoms with Crippen molar-refractivity contribution in [1.82, 2.24) is 10.1 Å². The van der Waals surface area contributed by atoms with Crippen molar-refractivity contribution in [2.75, 3.05) is 0 Å². The van der Waals surface area contributed by atoms with Gasteiger partial charge in [0.05, 0.1) is 6.42 Å². The number of hydrogen-bond acceptors (Lipinski definition) is 6. The number of carboxylic acids is 1. The fourth-order valence-electron chi connectivity index (χ4n) is 1.76. The van der Waals surface area contributed by atoms with Gasteiger partial charge in [0.2, 0.25) is 5.82 Å². The number of nitrogens with zero attached hydrogens (tertiary/aromatic N) is 2. The summed E-state index contributed by atoms with van der Waals surface area (Å²) in [6.45, 7) is 0. The number of carbonyl (C=O) groups is 1. The van der Waals surface area contributed by atoms with Crippen LogP contribution in [0.25, 0.3) is 23.0 Å². The van der Waals surface area contributed by atoms with Gasteiger partial charge in [-0.15, -0.1) is 11.3 Å². The summed E-state index contributed by atoms with van der Waals surface area (Å²) in [7, 11) is 0. The molecule has 21 heavy (non-hydrogen) atoms. The monoisotopic (exact) mass is 318 g/mol. The topological polar surface area (TPSA) is 76.2 Å². The molecule has 0 aliphatic rings. The molecule has 0 bridgehead atoms. The maximum Gasteiger partial charge on any atom is 0.308 e. The second kappa shape index (κ2) is 6.02. The first kappa shape index (κ1) is 13.7. The van der Waals surface area contributed by atoms with Gasteiger partial charge in [0.15, 0.2) is 0 Å². The highest BCUT2D eigenvalue weighted by atomic mass is 32.1. The molecule has 0 spiro atoms. The summed E-state index contributed by atoms with van der Waals surface area (Å²) in [5.41, 5.74) is 1.36. The van der Waals surface area contributed by atoms with Crippen LogP contribution in [0.5, 0.6) is 0 Å². The Morgan fingerprint density at radius 3 is 2.95 bits per heavy atom. The predicted octanol–water partition coefficient (Wildman–Crippen LogP) is 3.87. The van der Waals surface area contributed by atoms with Crippen LogP contribution in [0.4, 0.5) is 0 Å². The van der Waals surface area contributed by atoms with Crippen LogP contribution in [-0.4, -0.2) is 21.2 Å². The van der Waals surface area contributed by atoms with Crippen molar-refractivity contribution in [1.29, 1.82) is 0 Å². The molecule has 0 atom stereocenters. The summed E-state index contributed by atoms with van der Waals surface area (Å²) in [4.78, 5) is 16.3. The number of aliphatic carboxylic acids is 1. The molecular weight excluding hydrogens is 308 g/mol. The highest BCUT2D eigenvalue weighted by molar-refractivity contribution is 7.10. The van der Waals surface area contributed by atoms with Crippen LogP contribution in [0, 0.1) is 0 Å². The summed E-state index contributed by atoms with van der Waals surface area (Å²) in [5, 5.41) is 18.7. The Balaban J connectivity index is 1.95. The normalized spacial score (nSPS) is 11.7. The van der Waals surface area contributed by atoms with Gasteiger partial charge in [-0.25, -0.2) is 0 Å². The van der Waals surface area contributed by atoms with Crippen molar-refractivity contribution >= 4 is 40.3 Å². The quantitative estimate of drug-likeness (QED) is 0.772. The van der Waals surface area contributed by atoms with Gasteiger partial charge in [-0.3, -0.25) is 4.79 Å². The molecule has 3 rings (SSSR count). The third-order valence-corrected chi connectivity index (χ3v) is 4.18. The van der Waals surface area contributed by atoms with Crippen LogP contribution >= 0.6 is 22.7 Å². The highest BCUT2D eigenvalue weighted by Crippen LogP contribution is 2.25. The third kappa shape index (κ3) is 3.26. The SMILES string of the molecule is O=C(O)CC(=Cc1cccs1)c1nc(-c2ccsc2)no1. The lowest BCUT2D eigenvalue weighted by Gasteiger charge is -1.97. The first-order chi connectivity index (χ1) is 10.2. The molecule has 0 radical (unpaired) electrons. The summed E-state index contributed by atoms with van der Waals surface area (Å²) in [6.07, 6.45) is 1.60. The molecule has 7 heteroatoms. The van der Waals surface area contributed by atoms with Gasteiger partial charge in [0.1, 0.15) is 0 Å². The van der Waals surface area contributed by atoms with E-state index < -0.39 is 5.97 Å². The molecule has 3 aromatic rings. The number of thiophene rings is 2. The fraction of sp³-hybridized carbons (Fsp3) is 0.0714. The highest BCUT2D eigenvalue weighted by Gasteiger charge is 2.16. The lowest BCUT2D eigenvalue weighted by molar-refractivity contribution is -0.135. The molecule has 0 aliphatic carbocycles. The lowest BCUT2D eigenvalue weighted by atomic mass is 10.1. The Morgan fingerprint density at radius 1 is 1.38 bits per heavy atom. The molecule has 0 saturated heterocycles. The van der Waals surface area contributed by atoms with Crippen LogP contribution < -0.4 is 0 Å². The van der Waals surface area contributed by atoms with Crippen molar-refractivity contribution in [2.24, 2.45) is 0 Å². The van der Waals surface area contributed by atoms with Gasteiger partial charge in [-0.1, -0.05) is 11.2 Å². The van der Waals surface area contributed by atoms with Crippen LogP contribution in [0.15, 0.2) is 38.9 Å². The average molecular weight is 318 g/mol. The Labute approximate surface area is 128 Å². The van der Waals surface area contributed by atoms with Crippen molar-refractivity contribution in [3.8, 4) is 11.4 Å². The third-order valence-electron chi connectivity index (χ3n) is 2.68. The van der Waals surface area contributed by atoms with Gasteiger partial charge in [-0.05, 0) is 29.0 Å². The molecule has 0 unspecified atom stereocenters. The summed E-state index contributed by atoms with van der Waals surface area (Å²) in [5.74, 6) is -0.228. The van der Waals surface area contributed by atoms with Gasteiger partial charge in [0.25, 0.3) is 5.89 Å². The molecule has 3 heterocycles. The maximum absolute atomic E-state index is 11.0. The summed E-state index contributed by atoms with van der Waals surface area (Å²) in [6, 6.07) is 5.70. The second-order valence-corrected chi connectivity index (χ2v) is 5.95. The van der Waals surface area contributed by atoms with Gasteiger partial charge >= 0.3 is 5.97 Å². The zero-order chi connectivity index (χ0) is 14.7. The first-order valence-electron chi connectivity index (χ1n) is 6.05. The largest absolute Gasteiger partial charge is 0.481 e. The minimum Gasteiger partial charge on any atom is -0.481 e. The lowest BCUT2D eigenvalue weighted by Crippen LogP contribution is -1.97. The van der Waals surface area contributed by atoms with E-state index >= 15 is 0 Å². The van der Waals surface area contributed by atoms with E-state index in [0.717, 1.165) is 10.4 Å².